The summed E-state index contributed by atoms with van der Waals surface area (Å²) in [7, 11) is 0. The van der Waals surface area contributed by atoms with Crippen molar-refractivity contribution >= 4 is 142 Å². The second-order valence-electron chi connectivity index (χ2n) is 27.5. The first-order chi connectivity index (χ1) is 52.4. The fourth-order valence-corrected chi connectivity index (χ4v) is 19.5. The summed E-state index contributed by atoms with van der Waals surface area (Å²) < 4.78 is 19.7. The zero-order valence-corrected chi connectivity index (χ0v) is 59.6. The van der Waals surface area contributed by atoms with Crippen LogP contribution in [0.5, 0.6) is 11.5 Å². The number of hydrogen-bond donors (Lipinski definition) is 0. The maximum atomic E-state index is 7.90. The molecule has 1 aliphatic carbocycles. The van der Waals surface area contributed by atoms with Gasteiger partial charge in [0.05, 0.1) is 22.5 Å². The summed E-state index contributed by atoms with van der Waals surface area (Å²) in [6.45, 7) is 0.530. The van der Waals surface area contributed by atoms with Crippen molar-refractivity contribution in [2.24, 2.45) is 0 Å². The number of furan rings is 1. The van der Waals surface area contributed by atoms with Crippen LogP contribution in [0.15, 0.2) is 368 Å². The van der Waals surface area contributed by atoms with Gasteiger partial charge in [0.2, 0.25) is 0 Å². The van der Waals surface area contributed by atoms with E-state index in [2.05, 4.69) is 373 Å². The number of ether oxygens (including phenoxy) is 1. The summed E-state index contributed by atoms with van der Waals surface area (Å²) in [6, 6.07) is 132. The van der Waals surface area contributed by atoms with Gasteiger partial charge in [-0.25, -0.2) is 0 Å². The normalized spacial score (nSPS) is 13.5. The smallest absolute Gasteiger partial charge is 0.143 e. The van der Waals surface area contributed by atoms with Crippen LogP contribution in [0.4, 0.5) is 45.5 Å². The lowest BCUT2D eigenvalue weighted by Gasteiger charge is -2.40. The first kappa shape index (κ1) is 61.9. The van der Waals surface area contributed by atoms with Gasteiger partial charge in [0.1, 0.15) is 22.7 Å². The molecule has 0 saturated heterocycles. The molecule has 500 valence electrons. The minimum Gasteiger partial charge on any atom is -0.457 e. The summed E-state index contributed by atoms with van der Waals surface area (Å²) >= 11 is 11.2. The van der Waals surface area contributed by atoms with Crippen molar-refractivity contribution in [3.63, 3.8) is 0 Å². The van der Waals surface area contributed by atoms with Gasteiger partial charge >= 0.3 is 0 Å². The Kier molecular flexibility index (Phi) is 14.6. The van der Waals surface area contributed by atoms with E-state index in [4.69, 9.17) is 20.8 Å². The van der Waals surface area contributed by atoms with Gasteiger partial charge in [-0.05, 0) is 171 Å². The standard InChI is InChI=1S/C98H62ClN3O2S2/c99-68-47-50-80-79(57-68)94-83(41-25-42-84(94)102(71-36-17-6-18-37-71)73-58-77(65-30-11-3-12-31-65)97-78(59-73)74-38-19-22-43-87(74)104-97)98(80)81-49-46-62(61-100(69-32-13-4-14-33-69)85-53-66(63-26-7-1-8-27-63)55-92-95(85)75-39-20-23-44-90(75)105-92)52-88(81)103-89-60-72(48-51-82(89)98)101(70-34-15-5-16-35-70)86-54-67(64-28-9-2-10-29-64)56-93-96(86)76-40-21-24-45-91(76)106-93/h1-60H,61H2. The molecule has 0 bridgehead atoms. The third-order valence-corrected chi connectivity index (χ3v) is 24.0. The first-order valence-electron chi connectivity index (χ1n) is 35.9. The summed E-state index contributed by atoms with van der Waals surface area (Å²) in [4.78, 5) is 7.40. The topological polar surface area (TPSA) is 32.1 Å². The molecule has 1 unspecified atom stereocenters. The lowest BCUT2D eigenvalue weighted by molar-refractivity contribution is 0.436. The molecule has 106 heavy (non-hydrogen) atoms. The number of anilines is 8. The van der Waals surface area contributed by atoms with E-state index in [0.29, 0.717) is 11.6 Å². The molecule has 1 spiro atoms. The van der Waals surface area contributed by atoms with Gasteiger partial charge in [0.25, 0.3) is 0 Å². The minimum atomic E-state index is -0.958. The molecule has 1 atom stereocenters. The summed E-state index contributed by atoms with van der Waals surface area (Å²) in [5.41, 5.74) is 23.2. The Balaban J connectivity index is 0.819. The molecule has 1 aliphatic heterocycles. The maximum Gasteiger partial charge on any atom is 0.143 e. The number of para-hydroxylation sites is 4. The zero-order valence-electron chi connectivity index (χ0n) is 57.2. The lowest BCUT2D eigenvalue weighted by Crippen LogP contribution is -2.32. The molecule has 19 aromatic rings. The van der Waals surface area contributed by atoms with Gasteiger partial charge in [-0.3, -0.25) is 0 Å². The summed E-state index contributed by atoms with van der Waals surface area (Å²) in [5.74, 6) is 1.52. The van der Waals surface area contributed by atoms with Crippen molar-refractivity contribution in [2.75, 3.05) is 14.7 Å². The number of fused-ring (bicyclic) bond motifs is 18. The summed E-state index contributed by atoms with van der Waals surface area (Å²) in [6.07, 6.45) is 0. The van der Waals surface area contributed by atoms with Crippen LogP contribution in [0.1, 0.15) is 27.8 Å². The fourth-order valence-electron chi connectivity index (χ4n) is 17.0. The van der Waals surface area contributed by atoms with E-state index in [0.717, 1.165) is 140 Å². The molecule has 21 rings (SSSR count). The predicted molar refractivity (Wildman–Crippen MR) is 446 cm³/mol. The zero-order chi connectivity index (χ0) is 70.0. The Labute approximate surface area is 626 Å². The summed E-state index contributed by atoms with van der Waals surface area (Å²) in [5, 5.41) is 7.61. The monoisotopic (exact) mass is 1410 g/mol. The molecule has 16 aromatic carbocycles. The van der Waals surface area contributed by atoms with Crippen molar-refractivity contribution in [3.05, 3.63) is 397 Å². The molecule has 0 fully saturated rings. The number of thiophene rings is 2. The molecular formula is C98H62ClN3O2S2. The third-order valence-electron chi connectivity index (χ3n) is 21.5. The number of hydrogen-bond acceptors (Lipinski definition) is 7. The Morgan fingerprint density at radius 3 is 1.47 bits per heavy atom. The predicted octanol–water partition coefficient (Wildman–Crippen LogP) is 28.7. The molecule has 0 N–H and O–H groups in total. The van der Waals surface area contributed by atoms with Gasteiger partial charge in [-0.2, -0.15) is 0 Å². The third kappa shape index (κ3) is 9.95. The largest absolute Gasteiger partial charge is 0.457 e. The van der Waals surface area contributed by atoms with E-state index in [9.17, 15) is 0 Å². The van der Waals surface area contributed by atoms with Crippen LogP contribution >= 0.6 is 34.3 Å². The quantitative estimate of drug-likeness (QED) is 0.115. The van der Waals surface area contributed by atoms with Gasteiger partial charge < -0.3 is 23.9 Å². The molecule has 8 heteroatoms. The van der Waals surface area contributed by atoms with Crippen LogP contribution < -0.4 is 19.4 Å². The van der Waals surface area contributed by atoms with Crippen molar-refractivity contribution < 1.29 is 9.15 Å². The molecule has 2 aliphatic rings. The van der Waals surface area contributed by atoms with E-state index >= 15 is 0 Å². The lowest BCUT2D eigenvalue weighted by atomic mass is 9.66. The second kappa shape index (κ2) is 25.0. The minimum absolute atomic E-state index is 0.530. The Hall–Kier alpha value is -12.8. The second-order valence-corrected chi connectivity index (χ2v) is 30.1. The molecule has 0 amide bonds. The van der Waals surface area contributed by atoms with E-state index in [1.807, 2.05) is 28.7 Å². The van der Waals surface area contributed by atoms with Gasteiger partial charge in [-0.1, -0.05) is 248 Å². The molecule has 0 radical (unpaired) electrons. The van der Waals surface area contributed by atoms with E-state index in [1.165, 1.54) is 51.5 Å². The van der Waals surface area contributed by atoms with Crippen LogP contribution in [0, 0.1) is 0 Å². The highest BCUT2D eigenvalue weighted by atomic mass is 35.5. The van der Waals surface area contributed by atoms with Crippen LogP contribution in [0.25, 0.3) is 107 Å². The number of rotatable bonds is 13. The molecule has 0 saturated carbocycles. The average Bonchev–Trinajstić information content (AvgIpc) is 1.50. The molecule has 3 aromatic heterocycles. The highest BCUT2D eigenvalue weighted by Crippen LogP contribution is 2.66. The fraction of sp³-hybridized carbons (Fsp3) is 0.0204. The van der Waals surface area contributed by atoms with Crippen molar-refractivity contribution in [3.8, 4) is 56.0 Å². The van der Waals surface area contributed by atoms with Crippen LogP contribution in [0.3, 0.4) is 0 Å². The van der Waals surface area contributed by atoms with Crippen molar-refractivity contribution in [1.29, 1.82) is 0 Å². The highest BCUT2D eigenvalue weighted by molar-refractivity contribution is 7.26. The number of nitrogens with zero attached hydrogens (tertiary/aromatic N) is 3. The molecule has 4 heterocycles. The van der Waals surface area contributed by atoms with Crippen molar-refractivity contribution in [1.82, 2.24) is 0 Å². The van der Waals surface area contributed by atoms with Crippen molar-refractivity contribution in [2.45, 2.75) is 12.0 Å². The first-order valence-corrected chi connectivity index (χ1v) is 37.9. The number of benzene rings is 16. The SMILES string of the molecule is Clc1ccc2c(c1)-c1c(N(c3ccccc3)c3cc(-c4ccccc4)c4oc5ccccc5c4c3)cccc1C21c2ccc(CN(c3ccccc3)c3cc(-c4ccccc4)cc4sc5ccccc5c34)cc2Oc2cc(N(c3ccccc3)c3cc(-c4ccccc4)cc4sc5ccccc5c34)ccc21. The van der Waals surface area contributed by atoms with Gasteiger partial charge in [-0.15, -0.1) is 22.7 Å². The average molecular weight is 1410 g/mol. The van der Waals surface area contributed by atoms with Gasteiger partial charge in [0, 0.05) is 119 Å². The molecular weight excluding hydrogens is 1350 g/mol. The van der Waals surface area contributed by atoms with Crippen LogP contribution in [-0.4, -0.2) is 0 Å². The highest BCUT2D eigenvalue weighted by Gasteiger charge is 2.53. The van der Waals surface area contributed by atoms with E-state index < -0.39 is 5.41 Å². The Morgan fingerprint density at radius 2 is 0.830 bits per heavy atom. The van der Waals surface area contributed by atoms with Crippen LogP contribution in [-0.2, 0) is 12.0 Å². The van der Waals surface area contributed by atoms with E-state index in [-0.39, 0.29) is 0 Å². The van der Waals surface area contributed by atoms with Crippen LogP contribution in [0.2, 0.25) is 5.02 Å². The maximum absolute atomic E-state index is 7.90. The Bertz CT molecular complexity index is 6680. The van der Waals surface area contributed by atoms with Gasteiger partial charge in [0.15, 0.2) is 0 Å². The Morgan fingerprint density at radius 1 is 0.311 bits per heavy atom. The number of halogens is 1. The molecule has 5 nitrogen and oxygen atoms in total. The van der Waals surface area contributed by atoms with E-state index in [1.54, 1.807) is 0 Å².